The largest absolute Gasteiger partial charge is 0.573 e. The second kappa shape index (κ2) is 7.31. The minimum Gasteiger partial charge on any atom is -0.487 e. The van der Waals surface area contributed by atoms with Gasteiger partial charge in [0.2, 0.25) is 10.0 Å². The Hall–Kier alpha value is -2.53. The van der Waals surface area contributed by atoms with Crippen molar-refractivity contribution >= 4 is 10.0 Å². The molecule has 0 N–H and O–H groups in total. The first kappa shape index (κ1) is 20.7. The standard InChI is InChI=1S/C19H19F3N2O5S/c1-12-8-15(9-18(25)24(12)13-2-3-13)28-16-10-23(11-16)30(26,27)17-6-4-14(5-7-17)29-19(20,21)22/h4-9,13,16H,2-3,10-11H2,1H3. The van der Waals surface area contributed by atoms with Gasteiger partial charge in [0.25, 0.3) is 5.56 Å². The van der Waals surface area contributed by atoms with Crippen molar-refractivity contribution in [2.45, 2.75) is 43.2 Å². The number of pyridine rings is 1. The number of benzene rings is 1. The summed E-state index contributed by atoms with van der Waals surface area (Å²) in [6.07, 6.45) is -3.29. The Labute approximate surface area is 170 Å². The second-order valence-electron chi connectivity index (χ2n) is 7.35. The summed E-state index contributed by atoms with van der Waals surface area (Å²) >= 11 is 0. The molecule has 2 aliphatic rings. The highest BCUT2D eigenvalue weighted by atomic mass is 32.2. The van der Waals surface area contributed by atoms with Gasteiger partial charge in [-0.25, -0.2) is 8.42 Å². The number of sulfonamides is 1. The van der Waals surface area contributed by atoms with Gasteiger partial charge in [0, 0.05) is 17.8 Å². The molecule has 0 bridgehead atoms. The lowest BCUT2D eigenvalue weighted by atomic mass is 10.2. The second-order valence-corrected chi connectivity index (χ2v) is 9.29. The van der Waals surface area contributed by atoms with Crippen molar-refractivity contribution in [3.8, 4) is 11.5 Å². The summed E-state index contributed by atoms with van der Waals surface area (Å²) in [7, 11) is -3.86. The van der Waals surface area contributed by atoms with Crippen molar-refractivity contribution in [3.63, 3.8) is 0 Å². The van der Waals surface area contributed by atoms with E-state index in [9.17, 15) is 26.4 Å². The van der Waals surface area contributed by atoms with Crippen molar-refractivity contribution in [3.05, 3.63) is 52.4 Å². The normalized spacial score (nSPS) is 18.1. The molecule has 1 aliphatic carbocycles. The van der Waals surface area contributed by atoms with E-state index in [0.29, 0.717) is 5.75 Å². The van der Waals surface area contributed by atoms with Crippen LogP contribution in [-0.2, 0) is 10.0 Å². The number of rotatable bonds is 6. The average Bonchev–Trinajstić information content (AvgIpc) is 3.41. The molecule has 11 heteroatoms. The molecule has 1 aromatic heterocycles. The maximum absolute atomic E-state index is 12.6. The van der Waals surface area contributed by atoms with E-state index in [1.165, 1.54) is 6.07 Å². The Morgan fingerprint density at radius 2 is 1.67 bits per heavy atom. The molecule has 7 nitrogen and oxygen atoms in total. The third-order valence-electron chi connectivity index (χ3n) is 4.96. The van der Waals surface area contributed by atoms with Gasteiger partial charge in [0.1, 0.15) is 17.6 Å². The predicted molar refractivity (Wildman–Crippen MR) is 100 cm³/mol. The summed E-state index contributed by atoms with van der Waals surface area (Å²) in [6, 6.07) is 7.44. The van der Waals surface area contributed by atoms with E-state index in [1.807, 2.05) is 6.92 Å². The minimum absolute atomic E-state index is 0.0773. The molecule has 0 radical (unpaired) electrons. The lowest BCUT2D eigenvalue weighted by Crippen LogP contribution is -2.56. The van der Waals surface area contributed by atoms with Crippen LogP contribution in [0.25, 0.3) is 0 Å². The van der Waals surface area contributed by atoms with E-state index in [0.717, 1.165) is 47.1 Å². The summed E-state index contributed by atoms with van der Waals surface area (Å²) in [5.41, 5.74) is 0.655. The van der Waals surface area contributed by atoms with Crippen LogP contribution in [0.15, 0.2) is 46.1 Å². The van der Waals surface area contributed by atoms with Gasteiger partial charge >= 0.3 is 6.36 Å². The van der Waals surface area contributed by atoms with E-state index in [-0.39, 0.29) is 29.6 Å². The fraction of sp³-hybridized carbons (Fsp3) is 0.421. The van der Waals surface area contributed by atoms with Crippen LogP contribution in [0.1, 0.15) is 24.6 Å². The molecule has 1 saturated carbocycles. The zero-order valence-corrected chi connectivity index (χ0v) is 16.7. The molecule has 0 unspecified atom stereocenters. The highest BCUT2D eigenvalue weighted by Gasteiger charge is 2.38. The molecule has 1 saturated heterocycles. The number of alkyl halides is 3. The third kappa shape index (κ3) is 4.31. The fourth-order valence-electron chi connectivity index (χ4n) is 3.38. The van der Waals surface area contributed by atoms with Crippen LogP contribution in [-0.4, -0.2) is 42.8 Å². The Balaban J connectivity index is 1.38. The number of ether oxygens (including phenoxy) is 2. The maximum atomic E-state index is 12.6. The number of aromatic nitrogens is 1. The Kier molecular flexibility index (Phi) is 5.05. The topological polar surface area (TPSA) is 77.8 Å². The Bertz CT molecular complexity index is 1100. The van der Waals surface area contributed by atoms with E-state index in [1.54, 1.807) is 10.6 Å². The van der Waals surface area contributed by atoms with Gasteiger partial charge in [-0.05, 0) is 50.1 Å². The molecule has 0 amide bonds. The SMILES string of the molecule is Cc1cc(OC2CN(S(=O)(=O)c3ccc(OC(F)(F)F)cc3)C2)cc(=O)n1C1CC1. The van der Waals surface area contributed by atoms with Crippen molar-refractivity contribution in [2.24, 2.45) is 0 Å². The Morgan fingerprint density at radius 1 is 1.03 bits per heavy atom. The fourth-order valence-corrected chi connectivity index (χ4v) is 4.88. The van der Waals surface area contributed by atoms with Crippen LogP contribution < -0.4 is 15.0 Å². The molecule has 1 aliphatic heterocycles. The number of aryl methyl sites for hydroxylation is 1. The predicted octanol–water partition coefficient (Wildman–Crippen LogP) is 2.84. The Morgan fingerprint density at radius 3 is 2.20 bits per heavy atom. The third-order valence-corrected chi connectivity index (χ3v) is 6.80. The lowest BCUT2D eigenvalue weighted by Gasteiger charge is -2.37. The van der Waals surface area contributed by atoms with Crippen LogP contribution in [0, 0.1) is 6.92 Å². The number of hydrogen-bond acceptors (Lipinski definition) is 5. The van der Waals surface area contributed by atoms with Gasteiger partial charge < -0.3 is 14.0 Å². The van der Waals surface area contributed by atoms with Crippen molar-refractivity contribution in [1.29, 1.82) is 0 Å². The molecule has 4 rings (SSSR count). The van der Waals surface area contributed by atoms with Crippen LogP contribution >= 0.6 is 0 Å². The first-order valence-electron chi connectivity index (χ1n) is 9.29. The summed E-state index contributed by atoms with van der Waals surface area (Å²) in [4.78, 5) is 12.1. The van der Waals surface area contributed by atoms with Gasteiger partial charge in [-0.3, -0.25) is 4.79 Å². The highest BCUT2D eigenvalue weighted by molar-refractivity contribution is 7.89. The average molecular weight is 444 g/mol. The van der Waals surface area contributed by atoms with Gasteiger partial charge in [0.15, 0.2) is 0 Å². The molecule has 162 valence electrons. The molecule has 2 aromatic rings. The highest BCUT2D eigenvalue weighted by Crippen LogP contribution is 2.35. The van der Waals surface area contributed by atoms with Crippen molar-refractivity contribution in [1.82, 2.24) is 8.87 Å². The smallest absolute Gasteiger partial charge is 0.487 e. The molecule has 1 aromatic carbocycles. The van der Waals surface area contributed by atoms with Crippen LogP contribution in [0.4, 0.5) is 13.2 Å². The number of halogens is 3. The zero-order valence-electron chi connectivity index (χ0n) is 15.9. The summed E-state index contributed by atoms with van der Waals surface area (Å²) in [5.74, 6) is -0.104. The van der Waals surface area contributed by atoms with E-state index < -0.39 is 28.2 Å². The van der Waals surface area contributed by atoms with Crippen LogP contribution in [0.3, 0.4) is 0 Å². The molecule has 2 heterocycles. The van der Waals surface area contributed by atoms with Crippen molar-refractivity contribution in [2.75, 3.05) is 13.1 Å². The van der Waals surface area contributed by atoms with Gasteiger partial charge in [-0.15, -0.1) is 13.2 Å². The minimum atomic E-state index is -4.85. The quantitative estimate of drug-likeness (QED) is 0.685. The van der Waals surface area contributed by atoms with E-state index in [2.05, 4.69) is 4.74 Å². The molecule has 0 spiro atoms. The number of nitrogens with zero attached hydrogens (tertiary/aromatic N) is 2. The van der Waals surface area contributed by atoms with Crippen molar-refractivity contribution < 1.29 is 31.1 Å². The maximum Gasteiger partial charge on any atom is 0.573 e. The molecule has 30 heavy (non-hydrogen) atoms. The molecular formula is C19H19F3N2O5S. The summed E-state index contributed by atoms with van der Waals surface area (Å²) < 4.78 is 74.2. The number of hydrogen-bond donors (Lipinski definition) is 0. The van der Waals surface area contributed by atoms with Crippen LogP contribution in [0.5, 0.6) is 11.5 Å². The summed E-state index contributed by atoms with van der Waals surface area (Å²) in [5, 5.41) is 0. The monoisotopic (exact) mass is 444 g/mol. The van der Waals surface area contributed by atoms with Gasteiger partial charge in [-0.2, -0.15) is 4.31 Å². The first-order chi connectivity index (χ1) is 14.0. The van der Waals surface area contributed by atoms with Gasteiger partial charge in [0.05, 0.1) is 18.0 Å². The van der Waals surface area contributed by atoms with E-state index >= 15 is 0 Å². The van der Waals surface area contributed by atoms with Crippen LogP contribution in [0.2, 0.25) is 0 Å². The zero-order chi connectivity index (χ0) is 21.7. The lowest BCUT2D eigenvalue weighted by molar-refractivity contribution is -0.274. The van der Waals surface area contributed by atoms with E-state index in [4.69, 9.17) is 4.74 Å². The molecular weight excluding hydrogens is 425 g/mol. The summed E-state index contributed by atoms with van der Waals surface area (Å²) in [6.45, 7) is 1.98. The first-order valence-corrected chi connectivity index (χ1v) is 10.7. The molecule has 0 atom stereocenters. The van der Waals surface area contributed by atoms with Gasteiger partial charge in [-0.1, -0.05) is 0 Å². The molecule has 2 fully saturated rings.